The fourth-order valence-corrected chi connectivity index (χ4v) is 2.21. The molecule has 0 heterocycles. The predicted molar refractivity (Wildman–Crippen MR) is 73.0 cm³/mol. The van der Waals surface area contributed by atoms with Crippen LogP contribution in [0.5, 0.6) is 0 Å². The molecule has 0 radical (unpaired) electrons. The quantitative estimate of drug-likeness (QED) is 0.848. The molecule has 0 fully saturated rings. The van der Waals surface area contributed by atoms with Gasteiger partial charge in [-0.05, 0) is 40.2 Å². The van der Waals surface area contributed by atoms with Crippen molar-refractivity contribution in [3.05, 3.63) is 35.9 Å². The summed E-state index contributed by atoms with van der Waals surface area (Å²) in [5, 5.41) is 10.6. The monoisotopic (exact) mass is 235 g/mol. The Kier molecular flexibility index (Phi) is 4.72. The van der Waals surface area contributed by atoms with Gasteiger partial charge in [-0.25, -0.2) is 0 Å². The van der Waals surface area contributed by atoms with E-state index in [0.29, 0.717) is 18.6 Å². The van der Waals surface area contributed by atoms with Gasteiger partial charge in [0, 0.05) is 18.6 Å². The Morgan fingerprint density at radius 2 is 1.53 bits per heavy atom. The summed E-state index contributed by atoms with van der Waals surface area (Å²) in [4.78, 5) is 2.31. The van der Waals surface area contributed by atoms with Crippen molar-refractivity contribution < 1.29 is 5.11 Å². The lowest BCUT2D eigenvalue weighted by Crippen LogP contribution is -2.45. The summed E-state index contributed by atoms with van der Waals surface area (Å²) in [6.45, 7) is 11.2. The van der Waals surface area contributed by atoms with Gasteiger partial charge in [-0.2, -0.15) is 0 Å². The van der Waals surface area contributed by atoms with Gasteiger partial charge in [-0.15, -0.1) is 0 Å². The average Bonchev–Trinajstić information content (AvgIpc) is 2.26. The standard InChI is InChI=1S/C15H25NO/c1-12(2)16(13(3)4)11-15(5,17)14-9-7-6-8-10-14/h6-10,12-13,17H,11H2,1-5H3. The van der Waals surface area contributed by atoms with Gasteiger partial charge >= 0.3 is 0 Å². The summed E-state index contributed by atoms with van der Waals surface area (Å²) in [6.07, 6.45) is 0. The molecule has 0 spiro atoms. The number of rotatable bonds is 5. The van der Waals surface area contributed by atoms with Crippen LogP contribution in [-0.2, 0) is 5.60 Å². The maximum atomic E-state index is 10.6. The number of aliphatic hydroxyl groups is 1. The molecule has 0 saturated heterocycles. The minimum Gasteiger partial charge on any atom is -0.384 e. The van der Waals surface area contributed by atoms with E-state index in [1.54, 1.807) is 0 Å². The Balaban J connectivity index is 2.85. The molecule has 2 heteroatoms. The van der Waals surface area contributed by atoms with Crippen LogP contribution in [0.15, 0.2) is 30.3 Å². The van der Waals surface area contributed by atoms with Crippen LogP contribution in [0.25, 0.3) is 0 Å². The molecule has 2 nitrogen and oxygen atoms in total. The van der Waals surface area contributed by atoms with Gasteiger partial charge in [-0.1, -0.05) is 30.3 Å². The van der Waals surface area contributed by atoms with Gasteiger partial charge in [0.05, 0.1) is 5.60 Å². The molecule has 1 N–H and O–H groups in total. The summed E-state index contributed by atoms with van der Waals surface area (Å²) in [6, 6.07) is 10.8. The Hall–Kier alpha value is -0.860. The van der Waals surface area contributed by atoms with Crippen LogP contribution in [0, 0.1) is 0 Å². The topological polar surface area (TPSA) is 23.5 Å². The lowest BCUT2D eigenvalue weighted by molar-refractivity contribution is -0.00463. The van der Waals surface area contributed by atoms with E-state index in [0.717, 1.165) is 5.56 Å². The molecule has 0 aliphatic rings. The van der Waals surface area contributed by atoms with Gasteiger partial charge in [0.1, 0.15) is 0 Å². The normalized spacial score (nSPS) is 15.6. The zero-order valence-corrected chi connectivity index (χ0v) is 11.6. The molecular formula is C15H25NO. The van der Waals surface area contributed by atoms with E-state index < -0.39 is 5.60 Å². The highest BCUT2D eigenvalue weighted by molar-refractivity contribution is 5.21. The molecule has 1 atom stereocenters. The largest absolute Gasteiger partial charge is 0.384 e. The predicted octanol–water partition coefficient (Wildman–Crippen LogP) is 3.01. The molecule has 17 heavy (non-hydrogen) atoms. The van der Waals surface area contributed by atoms with E-state index >= 15 is 0 Å². The highest BCUT2D eigenvalue weighted by atomic mass is 16.3. The summed E-state index contributed by atoms with van der Waals surface area (Å²) in [5.41, 5.74) is 0.182. The molecule has 1 aromatic carbocycles. The first-order chi connectivity index (χ1) is 7.84. The first-order valence-electron chi connectivity index (χ1n) is 6.38. The van der Waals surface area contributed by atoms with Gasteiger partial charge < -0.3 is 5.11 Å². The molecule has 0 aliphatic carbocycles. The third kappa shape index (κ3) is 3.83. The van der Waals surface area contributed by atoms with Crippen LogP contribution >= 0.6 is 0 Å². The number of benzene rings is 1. The molecule has 1 aromatic rings. The molecule has 0 bridgehead atoms. The lowest BCUT2D eigenvalue weighted by Gasteiger charge is -2.37. The van der Waals surface area contributed by atoms with Crippen molar-refractivity contribution in [2.24, 2.45) is 0 Å². The molecule has 1 unspecified atom stereocenters. The summed E-state index contributed by atoms with van der Waals surface area (Å²) in [7, 11) is 0. The van der Waals surface area contributed by atoms with E-state index in [2.05, 4.69) is 32.6 Å². The highest BCUT2D eigenvalue weighted by Crippen LogP contribution is 2.23. The van der Waals surface area contributed by atoms with Crippen LogP contribution in [0.4, 0.5) is 0 Å². The van der Waals surface area contributed by atoms with E-state index in [1.165, 1.54) is 0 Å². The smallest absolute Gasteiger partial charge is 0.0995 e. The minimum atomic E-state index is -0.796. The van der Waals surface area contributed by atoms with Crippen molar-refractivity contribution >= 4 is 0 Å². The van der Waals surface area contributed by atoms with E-state index in [4.69, 9.17) is 0 Å². The second kappa shape index (κ2) is 5.65. The number of hydrogen-bond donors (Lipinski definition) is 1. The number of nitrogens with zero attached hydrogens (tertiary/aromatic N) is 1. The molecular weight excluding hydrogens is 210 g/mol. The molecule has 96 valence electrons. The molecule has 1 rings (SSSR count). The third-order valence-corrected chi connectivity index (χ3v) is 3.21. The van der Waals surface area contributed by atoms with Crippen LogP contribution in [0.1, 0.15) is 40.2 Å². The van der Waals surface area contributed by atoms with E-state index in [-0.39, 0.29) is 0 Å². The van der Waals surface area contributed by atoms with Gasteiger partial charge in [0.2, 0.25) is 0 Å². The van der Waals surface area contributed by atoms with Crippen LogP contribution < -0.4 is 0 Å². The van der Waals surface area contributed by atoms with Crippen molar-refractivity contribution in [1.29, 1.82) is 0 Å². The van der Waals surface area contributed by atoms with Crippen molar-refractivity contribution in [3.8, 4) is 0 Å². The Morgan fingerprint density at radius 3 is 1.94 bits per heavy atom. The Morgan fingerprint density at radius 1 is 1.06 bits per heavy atom. The molecule has 0 amide bonds. The maximum Gasteiger partial charge on any atom is 0.0995 e. The molecule has 0 aromatic heterocycles. The fourth-order valence-electron chi connectivity index (χ4n) is 2.21. The highest BCUT2D eigenvalue weighted by Gasteiger charge is 2.28. The number of hydrogen-bond acceptors (Lipinski definition) is 2. The maximum absolute atomic E-state index is 10.6. The first-order valence-corrected chi connectivity index (χ1v) is 6.38. The third-order valence-electron chi connectivity index (χ3n) is 3.21. The van der Waals surface area contributed by atoms with Crippen molar-refractivity contribution in [1.82, 2.24) is 4.90 Å². The zero-order chi connectivity index (χ0) is 13.1. The summed E-state index contributed by atoms with van der Waals surface area (Å²) >= 11 is 0. The van der Waals surface area contributed by atoms with E-state index in [9.17, 15) is 5.11 Å². The Bertz CT molecular complexity index is 322. The average molecular weight is 235 g/mol. The summed E-state index contributed by atoms with van der Waals surface area (Å²) in [5.74, 6) is 0. The minimum absolute atomic E-state index is 0.435. The second-order valence-corrected chi connectivity index (χ2v) is 5.50. The van der Waals surface area contributed by atoms with E-state index in [1.807, 2.05) is 37.3 Å². The van der Waals surface area contributed by atoms with Gasteiger partial charge in [0.15, 0.2) is 0 Å². The van der Waals surface area contributed by atoms with Crippen LogP contribution in [0.3, 0.4) is 0 Å². The first kappa shape index (κ1) is 14.2. The van der Waals surface area contributed by atoms with Crippen LogP contribution in [-0.4, -0.2) is 28.6 Å². The lowest BCUT2D eigenvalue weighted by atomic mass is 9.94. The summed E-state index contributed by atoms with van der Waals surface area (Å²) < 4.78 is 0. The van der Waals surface area contributed by atoms with Crippen molar-refractivity contribution in [3.63, 3.8) is 0 Å². The van der Waals surface area contributed by atoms with Crippen LogP contribution in [0.2, 0.25) is 0 Å². The molecule has 0 aliphatic heterocycles. The second-order valence-electron chi connectivity index (χ2n) is 5.50. The zero-order valence-electron chi connectivity index (χ0n) is 11.6. The van der Waals surface area contributed by atoms with Crippen molar-refractivity contribution in [2.45, 2.75) is 52.3 Å². The SMILES string of the molecule is CC(C)N(CC(C)(O)c1ccccc1)C(C)C. The molecule has 0 saturated carbocycles. The van der Waals surface area contributed by atoms with Gasteiger partial charge in [0.25, 0.3) is 0 Å². The Labute approximate surface area is 105 Å². The van der Waals surface area contributed by atoms with Crippen molar-refractivity contribution in [2.75, 3.05) is 6.54 Å². The van der Waals surface area contributed by atoms with Gasteiger partial charge in [-0.3, -0.25) is 4.90 Å². The fraction of sp³-hybridized carbons (Fsp3) is 0.600.